The van der Waals surface area contributed by atoms with Gasteiger partial charge in [-0.05, 0) is 48.9 Å². The van der Waals surface area contributed by atoms with Gasteiger partial charge in [0.1, 0.15) is 0 Å². The predicted molar refractivity (Wildman–Crippen MR) is 115 cm³/mol. The monoisotopic (exact) mass is 435 g/mol. The number of anilines is 2. The van der Waals surface area contributed by atoms with Crippen molar-refractivity contribution in [2.75, 3.05) is 22.1 Å². The van der Waals surface area contributed by atoms with E-state index in [1.165, 1.54) is 11.8 Å². The Morgan fingerprint density at radius 2 is 1.93 bits per heavy atom. The molecule has 2 aliphatic rings. The number of amidine groups is 1. The first-order valence-electron chi connectivity index (χ1n) is 8.68. The lowest BCUT2D eigenvalue weighted by atomic mass is 10.1. The number of hydrogen-bond acceptors (Lipinski definition) is 6. The summed E-state index contributed by atoms with van der Waals surface area (Å²) >= 11 is 7.32. The van der Waals surface area contributed by atoms with Crippen molar-refractivity contribution in [1.82, 2.24) is 0 Å². The van der Waals surface area contributed by atoms with Crippen LogP contribution in [0, 0.1) is 6.92 Å². The van der Waals surface area contributed by atoms with E-state index in [0.717, 1.165) is 11.3 Å². The zero-order valence-corrected chi connectivity index (χ0v) is 17.4. The number of amides is 1. The number of halogens is 1. The number of nitrogens with zero attached hydrogens (tertiary/aromatic N) is 1. The zero-order valence-electron chi connectivity index (χ0n) is 15.0. The molecule has 4 rings (SSSR count). The number of sulfone groups is 1. The van der Waals surface area contributed by atoms with Crippen LogP contribution in [0.1, 0.15) is 15.9 Å². The largest absolute Gasteiger partial charge is 0.335 e. The highest BCUT2D eigenvalue weighted by molar-refractivity contribution is 8.15. The topological polar surface area (TPSA) is 87.6 Å². The Bertz CT molecular complexity index is 1070. The number of carbonyl (C=O) groups excluding carboxylic acids is 1. The molecule has 0 bridgehead atoms. The van der Waals surface area contributed by atoms with Gasteiger partial charge in [-0.25, -0.2) is 8.42 Å². The van der Waals surface area contributed by atoms with Gasteiger partial charge in [0.15, 0.2) is 15.0 Å². The van der Waals surface area contributed by atoms with Crippen molar-refractivity contribution in [2.24, 2.45) is 4.99 Å². The number of aryl methyl sites for hydroxylation is 1. The summed E-state index contributed by atoms with van der Waals surface area (Å²) in [6.45, 7) is 1.94. The van der Waals surface area contributed by atoms with E-state index in [9.17, 15) is 13.2 Å². The summed E-state index contributed by atoms with van der Waals surface area (Å²) in [7, 11) is -2.98. The van der Waals surface area contributed by atoms with Crippen molar-refractivity contribution in [3.05, 3.63) is 58.6 Å². The Kier molecular flexibility index (Phi) is 5.11. The molecule has 0 spiro atoms. The second kappa shape index (κ2) is 7.42. The highest BCUT2D eigenvalue weighted by Crippen LogP contribution is 2.35. The Balaban J connectivity index is 1.48. The molecular formula is C19H18ClN3O3S2. The standard InChI is InChI=1S/C19H18ClN3O3S2/c1-11-2-3-12(18(24)21-14-6-4-13(20)5-7-14)8-15(11)22-19-23-16-9-28(25,26)10-17(16)27-19/h2-8,16-17H,9-10H2,1H3,(H,21,24)(H,22,23)/t16-,17-/m1/s1. The van der Waals surface area contributed by atoms with E-state index < -0.39 is 9.84 Å². The molecule has 2 aromatic rings. The molecule has 9 heteroatoms. The highest BCUT2D eigenvalue weighted by atomic mass is 35.5. The molecule has 2 N–H and O–H groups in total. The van der Waals surface area contributed by atoms with Gasteiger partial charge in [-0.15, -0.1) is 0 Å². The first-order chi connectivity index (χ1) is 13.3. The summed E-state index contributed by atoms with van der Waals surface area (Å²) < 4.78 is 23.4. The normalized spacial score (nSPS) is 22.4. The lowest BCUT2D eigenvalue weighted by Gasteiger charge is -2.12. The van der Waals surface area contributed by atoms with Gasteiger partial charge in [-0.2, -0.15) is 0 Å². The number of thioether (sulfide) groups is 1. The molecular weight excluding hydrogens is 418 g/mol. The maximum Gasteiger partial charge on any atom is 0.255 e. The molecule has 1 amide bonds. The van der Waals surface area contributed by atoms with Crippen LogP contribution in [0.3, 0.4) is 0 Å². The SMILES string of the molecule is Cc1ccc(C(=O)Nc2ccc(Cl)cc2)cc1NC1=N[C@@H]2CS(=O)(=O)C[C@H]2S1. The molecule has 2 heterocycles. The molecule has 28 heavy (non-hydrogen) atoms. The number of nitrogens with one attached hydrogen (secondary N) is 2. The lowest BCUT2D eigenvalue weighted by Crippen LogP contribution is -2.14. The first kappa shape index (κ1) is 19.3. The fourth-order valence-corrected chi connectivity index (χ4v) is 6.96. The van der Waals surface area contributed by atoms with Crippen molar-refractivity contribution in [3.8, 4) is 0 Å². The molecule has 0 aromatic heterocycles. The average Bonchev–Trinajstić information content (AvgIpc) is 3.11. The smallest absolute Gasteiger partial charge is 0.255 e. The summed E-state index contributed by atoms with van der Waals surface area (Å²) in [5.41, 5.74) is 2.91. The minimum absolute atomic E-state index is 0.0239. The predicted octanol–water partition coefficient (Wildman–Crippen LogP) is 3.58. The Morgan fingerprint density at radius 3 is 2.64 bits per heavy atom. The third-order valence-electron chi connectivity index (χ3n) is 4.66. The van der Waals surface area contributed by atoms with Crippen LogP contribution < -0.4 is 10.6 Å². The summed E-state index contributed by atoms with van der Waals surface area (Å²) in [6, 6.07) is 12.1. The van der Waals surface area contributed by atoms with Crippen LogP contribution in [-0.2, 0) is 9.84 Å². The first-order valence-corrected chi connectivity index (χ1v) is 11.8. The minimum atomic E-state index is -2.98. The highest BCUT2D eigenvalue weighted by Gasteiger charge is 2.42. The lowest BCUT2D eigenvalue weighted by molar-refractivity contribution is 0.102. The number of carbonyl (C=O) groups is 1. The van der Waals surface area contributed by atoms with Crippen LogP contribution in [-0.4, -0.2) is 42.3 Å². The molecule has 0 saturated carbocycles. The zero-order chi connectivity index (χ0) is 19.9. The van der Waals surface area contributed by atoms with Gasteiger partial charge in [-0.3, -0.25) is 9.79 Å². The molecule has 0 radical (unpaired) electrons. The van der Waals surface area contributed by atoms with Crippen LogP contribution in [0.5, 0.6) is 0 Å². The fourth-order valence-electron chi connectivity index (χ4n) is 3.17. The molecule has 2 aliphatic heterocycles. The number of aliphatic imine (C=N–C) groups is 1. The molecule has 2 atom stereocenters. The van der Waals surface area contributed by atoms with Gasteiger partial charge in [-0.1, -0.05) is 29.4 Å². The third-order valence-corrected chi connectivity index (χ3v) is 8.06. The molecule has 1 fully saturated rings. The average molecular weight is 436 g/mol. The third kappa shape index (κ3) is 4.19. The van der Waals surface area contributed by atoms with Crippen LogP contribution in [0.15, 0.2) is 47.5 Å². The molecule has 146 valence electrons. The van der Waals surface area contributed by atoms with Crippen LogP contribution in [0.25, 0.3) is 0 Å². The summed E-state index contributed by atoms with van der Waals surface area (Å²) in [4.78, 5) is 17.1. The van der Waals surface area contributed by atoms with Gasteiger partial charge >= 0.3 is 0 Å². The van der Waals surface area contributed by atoms with Crippen molar-refractivity contribution < 1.29 is 13.2 Å². The van der Waals surface area contributed by atoms with E-state index >= 15 is 0 Å². The number of benzene rings is 2. The van der Waals surface area contributed by atoms with Crippen molar-refractivity contribution in [3.63, 3.8) is 0 Å². The number of fused-ring (bicyclic) bond motifs is 1. The van der Waals surface area contributed by atoms with Crippen molar-refractivity contribution in [1.29, 1.82) is 0 Å². The summed E-state index contributed by atoms with van der Waals surface area (Å²) in [5, 5.41) is 7.37. The van der Waals surface area contributed by atoms with Crippen LogP contribution in [0.4, 0.5) is 11.4 Å². The minimum Gasteiger partial charge on any atom is -0.335 e. The van der Waals surface area contributed by atoms with Crippen LogP contribution >= 0.6 is 23.4 Å². The van der Waals surface area contributed by atoms with Gasteiger partial charge in [0.25, 0.3) is 5.91 Å². The number of hydrogen-bond donors (Lipinski definition) is 2. The Hall–Kier alpha value is -2.03. The van der Waals surface area contributed by atoms with E-state index in [2.05, 4.69) is 15.6 Å². The van der Waals surface area contributed by atoms with Crippen molar-refractivity contribution >= 4 is 55.6 Å². The van der Waals surface area contributed by atoms with Gasteiger partial charge in [0, 0.05) is 27.2 Å². The molecule has 0 aliphatic carbocycles. The van der Waals surface area contributed by atoms with E-state index in [4.69, 9.17) is 11.6 Å². The Morgan fingerprint density at radius 1 is 1.18 bits per heavy atom. The van der Waals surface area contributed by atoms with E-state index in [-0.39, 0.29) is 28.7 Å². The van der Waals surface area contributed by atoms with E-state index in [1.54, 1.807) is 36.4 Å². The van der Waals surface area contributed by atoms with Crippen molar-refractivity contribution in [2.45, 2.75) is 18.2 Å². The summed E-state index contributed by atoms with van der Waals surface area (Å²) in [6.07, 6.45) is 0. The van der Waals surface area contributed by atoms with Gasteiger partial charge < -0.3 is 10.6 Å². The van der Waals surface area contributed by atoms with E-state index in [1.807, 2.05) is 13.0 Å². The van der Waals surface area contributed by atoms with Gasteiger partial charge in [0.05, 0.1) is 17.5 Å². The molecule has 6 nitrogen and oxygen atoms in total. The quantitative estimate of drug-likeness (QED) is 0.769. The number of rotatable bonds is 3. The fraction of sp³-hybridized carbons (Fsp3) is 0.263. The summed E-state index contributed by atoms with van der Waals surface area (Å²) in [5.74, 6) is 0.0482. The maximum atomic E-state index is 12.6. The van der Waals surface area contributed by atoms with E-state index in [0.29, 0.717) is 21.4 Å². The second-order valence-corrected chi connectivity index (χ2v) is 10.7. The molecule has 2 aromatic carbocycles. The maximum absolute atomic E-state index is 12.6. The Labute approximate surface area is 172 Å². The molecule has 0 unspecified atom stereocenters. The van der Waals surface area contributed by atoms with Crippen LogP contribution in [0.2, 0.25) is 5.02 Å². The second-order valence-electron chi connectivity index (χ2n) is 6.85. The van der Waals surface area contributed by atoms with Gasteiger partial charge in [0.2, 0.25) is 0 Å². The molecule has 1 saturated heterocycles.